The maximum atomic E-state index is 5.26. The molecule has 1 N–H and O–H groups in total. The first-order chi connectivity index (χ1) is 8.81. The molecule has 0 saturated carbocycles. The summed E-state index contributed by atoms with van der Waals surface area (Å²) in [5.74, 6) is 0. The predicted molar refractivity (Wildman–Crippen MR) is 79.1 cm³/mol. The molecule has 1 saturated heterocycles. The van der Waals surface area contributed by atoms with E-state index in [1.165, 1.54) is 12.0 Å². The Morgan fingerprint density at radius 1 is 1.33 bits per heavy atom. The van der Waals surface area contributed by atoms with E-state index in [1.807, 2.05) is 0 Å². The lowest BCUT2D eigenvalue weighted by Gasteiger charge is -2.32. The molecule has 0 spiro atoms. The molecule has 2 atom stereocenters. The zero-order valence-corrected chi connectivity index (χ0v) is 12.1. The highest BCUT2D eigenvalue weighted by Crippen LogP contribution is 2.32. The number of hydrogen-bond donors (Lipinski definition) is 1. The minimum absolute atomic E-state index is 0.441. The summed E-state index contributed by atoms with van der Waals surface area (Å²) in [6.45, 7) is 7.45. The zero-order chi connectivity index (χ0) is 12.8. The van der Waals surface area contributed by atoms with Gasteiger partial charge in [0.2, 0.25) is 0 Å². The van der Waals surface area contributed by atoms with Crippen LogP contribution in [0.3, 0.4) is 0 Å². The van der Waals surface area contributed by atoms with E-state index >= 15 is 0 Å². The van der Waals surface area contributed by atoms with E-state index in [4.69, 9.17) is 4.74 Å². The Labute approximate surface area is 114 Å². The highest BCUT2D eigenvalue weighted by molar-refractivity contribution is 8.00. The second-order valence-corrected chi connectivity index (χ2v) is 6.53. The third kappa shape index (κ3) is 3.74. The molecule has 1 heterocycles. The molecule has 0 bridgehead atoms. The molecule has 3 heteroatoms. The van der Waals surface area contributed by atoms with Crippen molar-refractivity contribution in [1.82, 2.24) is 5.32 Å². The van der Waals surface area contributed by atoms with Crippen LogP contribution in [0.4, 0.5) is 0 Å². The summed E-state index contributed by atoms with van der Waals surface area (Å²) in [6, 6.07) is 11.2. The lowest BCUT2D eigenvalue weighted by molar-refractivity contribution is 0.0452. The molecule has 2 rings (SSSR count). The van der Waals surface area contributed by atoms with Gasteiger partial charge in [-0.2, -0.15) is 0 Å². The molecule has 1 fully saturated rings. The van der Waals surface area contributed by atoms with Crippen molar-refractivity contribution in [2.75, 3.05) is 19.8 Å². The predicted octanol–water partition coefficient (Wildman–Crippen LogP) is 3.25. The number of hydrogen-bond acceptors (Lipinski definition) is 3. The summed E-state index contributed by atoms with van der Waals surface area (Å²) in [5.41, 5.74) is 1.39. The number of ether oxygens (including phenoxy) is 1. The smallest absolute Gasteiger partial charge is 0.0608 e. The topological polar surface area (TPSA) is 21.3 Å². The van der Waals surface area contributed by atoms with Crippen molar-refractivity contribution >= 4 is 11.8 Å². The maximum Gasteiger partial charge on any atom is 0.0608 e. The summed E-state index contributed by atoms with van der Waals surface area (Å²) >= 11 is 2.05. The molecule has 1 aromatic carbocycles. The first kappa shape index (κ1) is 13.9. The monoisotopic (exact) mass is 265 g/mol. The number of benzene rings is 1. The third-order valence-corrected chi connectivity index (χ3v) is 4.62. The average molecular weight is 265 g/mol. The van der Waals surface area contributed by atoms with Gasteiger partial charge in [-0.15, -0.1) is 11.8 Å². The van der Waals surface area contributed by atoms with Crippen LogP contribution >= 0.6 is 11.8 Å². The van der Waals surface area contributed by atoms with Gasteiger partial charge in [-0.25, -0.2) is 0 Å². The molecule has 0 aliphatic carbocycles. The van der Waals surface area contributed by atoms with E-state index in [1.54, 1.807) is 0 Å². The number of rotatable bonds is 7. The fourth-order valence-corrected chi connectivity index (χ4v) is 3.56. The normalized spacial score (nSPS) is 19.2. The van der Waals surface area contributed by atoms with Crippen molar-refractivity contribution in [3.8, 4) is 0 Å². The van der Waals surface area contributed by atoms with E-state index in [2.05, 4.69) is 61.3 Å². The van der Waals surface area contributed by atoms with E-state index in [-0.39, 0.29) is 0 Å². The zero-order valence-electron chi connectivity index (χ0n) is 11.3. The van der Waals surface area contributed by atoms with Crippen LogP contribution in [0.15, 0.2) is 30.3 Å². The van der Waals surface area contributed by atoms with Crippen molar-refractivity contribution in [3.63, 3.8) is 0 Å². The number of nitrogens with one attached hydrogen (secondary N) is 1. The molecule has 18 heavy (non-hydrogen) atoms. The molecule has 2 unspecified atom stereocenters. The van der Waals surface area contributed by atoms with E-state index < -0.39 is 0 Å². The molecule has 0 aromatic heterocycles. The largest absolute Gasteiger partial charge is 0.379 e. The number of thioether (sulfide) groups is 1. The third-order valence-electron chi connectivity index (χ3n) is 3.26. The minimum Gasteiger partial charge on any atom is -0.379 e. The summed E-state index contributed by atoms with van der Waals surface area (Å²) in [7, 11) is 0. The summed E-state index contributed by atoms with van der Waals surface area (Å²) in [6.07, 6.45) is 1.17. The molecule has 100 valence electrons. The van der Waals surface area contributed by atoms with Crippen molar-refractivity contribution < 1.29 is 4.74 Å². The Balaban J connectivity index is 1.98. The standard InChI is InChI=1S/C15H23NOS/c1-3-9-16-15(13-7-5-4-6-8-13)12(2)18-14-10-17-11-14/h4-8,12,14-16H,3,9-11H2,1-2H3. The molecule has 1 aromatic rings. The summed E-state index contributed by atoms with van der Waals surface area (Å²) < 4.78 is 5.26. The van der Waals surface area contributed by atoms with Crippen LogP contribution in [-0.4, -0.2) is 30.3 Å². The lowest BCUT2D eigenvalue weighted by Crippen LogP contribution is -2.36. The molecule has 0 amide bonds. The lowest BCUT2D eigenvalue weighted by atomic mass is 10.0. The Hall–Kier alpha value is -0.510. The van der Waals surface area contributed by atoms with Gasteiger partial charge in [0.05, 0.1) is 18.5 Å². The average Bonchev–Trinajstić information content (AvgIpc) is 2.36. The van der Waals surface area contributed by atoms with Gasteiger partial charge >= 0.3 is 0 Å². The molecule has 0 radical (unpaired) electrons. The van der Waals surface area contributed by atoms with Crippen LogP contribution in [0.2, 0.25) is 0 Å². The maximum absolute atomic E-state index is 5.26. The van der Waals surface area contributed by atoms with Gasteiger partial charge in [0.25, 0.3) is 0 Å². The van der Waals surface area contributed by atoms with Gasteiger partial charge in [0, 0.05) is 11.3 Å². The second kappa shape index (κ2) is 7.17. The van der Waals surface area contributed by atoms with Gasteiger partial charge in [0.1, 0.15) is 0 Å². The Kier molecular flexibility index (Phi) is 5.54. The van der Waals surface area contributed by atoms with Crippen LogP contribution in [0.1, 0.15) is 31.9 Å². The van der Waals surface area contributed by atoms with Gasteiger partial charge in [0.15, 0.2) is 0 Å². The van der Waals surface area contributed by atoms with Gasteiger partial charge in [-0.1, -0.05) is 44.2 Å². The van der Waals surface area contributed by atoms with Gasteiger partial charge < -0.3 is 10.1 Å². The Morgan fingerprint density at radius 3 is 2.61 bits per heavy atom. The molecule has 1 aliphatic heterocycles. The van der Waals surface area contributed by atoms with Crippen LogP contribution in [-0.2, 0) is 4.74 Å². The quantitative estimate of drug-likeness (QED) is 0.818. The van der Waals surface area contributed by atoms with E-state index in [9.17, 15) is 0 Å². The van der Waals surface area contributed by atoms with Crippen LogP contribution in [0.25, 0.3) is 0 Å². The van der Waals surface area contributed by atoms with Crippen LogP contribution in [0.5, 0.6) is 0 Å². The van der Waals surface area contributed by atoms with Crippen molar-refractivity contribution in [1.29, 1.82) is 0 Å². The Bertz CT molecular complexity index is 340. The molecular formula is C15H23NOS. The van der Waals surface area contributed by atoms with Crippen molar-refractivity contribution in [2.45, 2.75) is 36.8 Å². The molecule has 1 aliphatic rings. The fourth-order valence-electron chi connectivity index (χ4n) is 2.19. The van der Waals surface area contributed by atoms with Gasteiger partial charge in [-0.05, 0) is 18.5 Å². The van der Waals surface area contributed by atoms with E-state index in [0.29, 0.717) is 16.5 Å². The summed E-state index contributed by atoms with van der Waals surface area (Å²) in [4.78, 5) is 0. The second-order valence-electron chi connectivity index (χ2n) is 4.84. The van der Waals surface area contributed by atoms with Crippen molar-refractivity contribution in [2.24, 2.45) is 0 Å². The minimum atomic E-state index is 0.441. The highest BCUT2D eigenvalue weighted by atomic mass is 32.2. The van der Waals surface area contributed by atoms with Crippen LogP contribution < -0.4 is 5.32 Å². The first-order valence-electron chi connectivity index (χ1n) is 6.82. The van der Waals surface area contributed by atoms with E-state index in [0.717, 1.165) is 19.8 Å². The first-order valence-corrected chi connectivity index (χ1v) is 7.77. The van der Waals surface area contributed by atoms with Gasteiger partial charge in [-0.3, -0.25) is 0 Å². The molecule has 2 nitrogen and oxygen atoms in total. The van der Waals surface area contributed by atoms with Crippen LogP contribution in [0, 0.1) is 0 Å². The Morgan fingerprint density at radius 2 is 2.06 bits per heavy atom. The fraction of sp³-hybridized carbons (Fsp3) is 0.600. The highest BCUT2D eigenvalue weighted by Gasteiger charge is 2.26. The summed E-state index contributed by atoms with van der Waals surface area (Å²) in [5, 5.41) is 4.94. The molecular weight excluding hydrogens is 242 g/mol. The van der Waals surface area contributed by atoms with Crippen molar-refractivity contribution in [3.05, 3.63) is 35.9 Å². The SMILES string of the molecule is CCCNC(c1ccccc1)C(C)SC1COC1.